The maximum absolute atomic E-state index is 12.7. The molecule has 1 aliphatic rings. The Hall–Kier alpha value is -2.42. The molecule has 1 N–H and O–H groups in total. The second-order valence-corrected chi connectivity index (χ2v) is 10.4. The summed E-state index contributed by atoms with van der Waals surface area (Å²) < 4.78 is 32.2. The predicted molar refractivity (Wildman–Crippen MR) is 126 cm³/mol. The van der Waals surface area contributed by atoms with Crippen molar-refractivity contribution in [1.29, 1.82) is 0 Å². The number of hydrogen-bond donors (Lipinski definition) is 1. The van der Waals surface area contributed by atoms with Crippen LogP contribution >= 0.6 is 11.6 Å². The van der Waals surface area contributed by atoms with E-state index in [9.17, 15) is 18.0 Å². The summed E-state index contributed by atoms with van der Waals surface area (Å²) in [6, 6.07) is 13.8. The van der Waals surface area contributed by atoms with E-state index in [0.717, 1.165) is 30.4 Å². The van der Waals surface area contributed by atoms with Gasteiger partial charge in [0.05, 0.1) is 4.90 Å². The van der Waals surface area contributed by atoms with E-state index in [-0.39, 0.29) is 17.9 Å². The number of aryl methyl sites for hydroxylation is 1. The Morgan fingerprint density at radius 2 is 1.73 bits per heavy atom. The molecule has 0 radical (unpaired) electrons. The van der Waals surface area contributed by atoms with Crippen LogP contribution in [0.25, 0.3) is 0 Å². The van der Waals surface area contributed by atoms with Gasteiger partial charge in [-0.25, -0.2) is 8.42 Å². The minimum Gasteiger partial charge on any atom is -0.453 e. The average Bonchev–Trinajstić information content (AvgIpc) is 2.83. The second kappa shape index (κ2) is 11.6. The zero-order chi connectivity index (χ0) is 23.8. The summed E-state index contributed by atoms with van der Waals surface area (Å²) in [4.78, 5) is 24.6. The third kappa shape index (κ3) is 7.03. The van der Waals surface area contributed by atoms with Gasteiger partial charge in [-0.2, -0.15) is 4.31 Å². The fourth-order valence-electron chi connectivity index (χ4n) is 3.61. The number of nitrogens with one attached hydrogen (secondary N) is 1. The van der Waals surface area contributed by atoms with Crippen LogP contribution in [0.5, 0.6) is 0 Å². The van der Waals surface area contributed by atoms with E-state index in [1.54, 1.807) is 36.4 Å². The van der Waals surface area contributed by atoms with E-state index in [1.165, 1.54) is 11.2 Å². The summed E-state index contributed by atoms with van der Waals surface area (Å²) in [5, 5.41) is 3.26. The summed E-state index contributed by atoms with van der Waals surface area (Å²) in [6.07, 6.45) is 2.36. The lowest BCUT2D eigenvalue weighted by Gasteiger charge is -2.25. The highest BCUT2D eigenvalue weighted by molar-refractivity contribution is 7.89. The van der Waals surface area contributed by atoms with Gasteiger partial charge < -0.3 is 10.1 Å². The summed E-state index contributed by atoms with van der Waals surface area (Å²) >= 11 is 6.07. The summed E-state index contributed by atoms with van der Waals surface area (Å²) in [6.45, 7) is 2.87. The van der Waals surface area contributed by atoms with E-state index in [2.05, 4.69) is 5.32 Å². The van der Waals surface area contributed by atoms with E-state index in [0.29, 0.717) is 24.5 Å². The Labute approximate surface area is 200 Å². The van der Waals surface area contributed by atoms with Crippen molar-refractivity contribution in [1.82, 2.24) is 9.62 Å². The number of rotatable bonds is 9. The number of amides is 1. The van der Waals surface area contributed by atoms with Crippen molar-refractivity contribution < 1.29 is 22.7 Å². The molecule has 3 rings (SSSR count). The predicted octanol–water partition coefficient (Wildman–Crippen LogP) is 3.70. The van der Waals surface area contributed by atoms with Crippen molar-refractivity contribution in [3.05, 3.63) is 64.7 Å². The number of piperidine rings is 1. The van der Waals surface area contributed by atoms with E-state index >= 15 is 0 Å². The van der Waals surface area contributed by atoms with Crippen LogP contribution in [0.3, 0.4) is 0 Å². The summed E-state index contributed by atoms with van der Waals surface area (Å²) in [5.74, 6) is -0.907. The van der Waals surface area contributed by atoms with Gasteiger partial charge in [0.25, 0.3) is 5.91 Å². The Kier molecular flexibility index (Phi) is 8.88. The lowest BCUT2D eigenvalue weighted by molar-refractivity contribution is -0.154. The molecule has 1 atom stereocenters. The highest BCUT2D eigenvalue weighted by Gasteiger charge is 2.25. The van der Waals surface area contributed by atoms with Crippen LogP contribution < -0.4 is 5.32 Å². The standard InChI is InChI=1S/C24H29ClN2O5S/c1-18(24(29)26-17-20-7-3-4-8-22(20)25)32-23(28)14-11-19-9-12-21(13-10-19)33(30,31)27-15-5-2-6-16-27/h3-4,7-10,12-13,18H,2,5-6,11,14-17H2,1H3,(H,26,29). The molecule has 33 heavy (non-hydrogen) atoms. The molecule has 0 bridgehead atoms. The molecule has 178 valence electrons. The van der Waals surface area contributed by atoms with Gasteiger partial charge in [0.1, 0.15) is 0 Å². The lowest BCUT2D eigenvalue weighted by Crippen LogP contribution is -2.35. The number of halogens is 1. The van der Waals surface area contributed by atoms with Gasteiger partial charge in [-0.1, -0.05) is 48.4 Å². The SMILES string of the molecule is CC(OC(=O)CCc1ccc(S(=O)(=O)N2CCCCC2)cc1)C(=O)NCc1ccccc1Cl. The molecule has 7 nitrogen and oxygen atoms in total. The fourth-order valence-corrected chi connectivity index (χ4v) is 5.33. The molecule has 0 aliphatic carbocycles. The molecule has 0 aromatic heterocycles. The molecule has 1 heterocycles. The molecular weight excluding hydrogens is 464 g/mol. The number of ether oxygens (including phenoxy) is 1. The van der Waals surface area contributed by atoms with Crippen molar-refractivity contribution >= 4 is 33.5 Å². The first-order valence-corrected chi connectivity index (χ1v) is 12.9. The van der Waals surface area contributed by atoms with Gasteiger partial charge in [-0.05, 0) is 55.5 Å². The highest BCUT2D eigenvalue weighted by Crippen LogP contribution is 2.21. The minimum absolute atomic E-state index is 0.0837. The minimum atomic E-state index is -3.47. The number of esters is 1. The number of hydrogen-bond acceptors (Lipinski definition) is 5. The maximum Gasteiger partial charge on any atom is 0.306 e. The molecule has 1 amide bonds. The monoisotopic (exact) mass is 492 g/mol. The third-order valence-corrected chi connectivity index (χ3v) is 7.86. The van der Waals surface area contributed by atoms with Gasteiger partial charge >= 0.3 is 5.97 Å². The van der Waals surface area contributed by atoms with Gasteiger partial charge in [0.2, 0.25) is 10.0 Å². The van der Waals surface area contributed by atoms with Crippen LogP contribution in [0.4, 0.5) is 0 Å². The fraction of sp³-hybridized carbons (Fsp3) is 0.417. The number of carbonyl (C=O) groups excluding carboxylic acids is 2. The molecule has 0 spiro atoms. The van der Waals surface area contributed by atoms with Crippen LogP contribution in [-0.2, 0) is 37.3 Å². The normalized spacial score (nSPS) is 15.6. The van der Waals surface area contributed by atoms with E-state index in [1.807, 2.05) is 12.1 Å². The van der Waals surface area contributed by atoms with Gasteiger partial charge in [-0.15, -0.1) is 0 Å². The molecule has 2 aromatic carbocycles. The lowest BCUT2D eigenvalue weighted by atomic mass is 10.1. The number of carbonyl (C=O) groups is 2. The second-order valence-electron chi connectivity index (χ2n) is 8.05. The first-order chi connectivity index (χ1) is 15.8. The molecule has 1 unspecified atom stereocenters. The van der Waals surface area contributed by atoms with Crippen molar-refractivity contribution in [2.45, 2.75) is 56.6 Å². The van der Waals surface area contributed by atoms with Crippen LogP contribution in [0.2, 0.25) is 5.02 Å². The molecular formula is C24H29ClN2O5S. The molecule has 1 saturated heterocycles. The zero-order valence-electron chi connectivity index (χ0n) is 18.6. The Morgan fingerprint density at radius 3 is 2.39 bits per heavy atom. The van der Waals surface area contributed by atoms with E-state index < -0.39 is 28.0 Å². The zero-order valence-corrected chi connectivity index (χ0v) is 20.2. The van der Waals surface area contributed by atoms with Gasteiger partial charge in [0.15, 0.2) is 6.10 Å². The maximum atomic E-state index is 12.7. The van der Waals surface area contributed by atoms with Crippen molar-refractivity contribution in [2.24, 2.45) is 0 Å². The van der Waals surface area contributed by atoms with Crippen LogP contribution in [0.1, 0.15) is 43.7 Å². The van der Waals surface area contributed by atoms with E-state index in [4.69, 9.17) is 16.3 Å². The average molecular weight is 493 g/mol. The quantitative estimate of drug-likeness (QED) is 0.539. The molecule has 1 aliphatic heterocycles. The Bertz CT molecular complexity index is 1070. The summed E-state index contributed by atoms with van der Waals surface area (Å²) in [5.41, 5.74) is 1.59. The van der Waals surface area contributed by atoms with Crippen LogP contribution in [0.15, 0.2) is 53.4 Å². The summed E-state index contributed by atoms with van der Waals surface area (Å²) in [7, 11) is -3.47. The van der Waals surface area contributed by atoms with Crippen LogP contribution in [0, 0.1) is 0 Å². The first-order valence-electron chi connectivity index (χ1n) is 11.1. The first kappa shape index (κ1) is 25.2. The van der Waals surface area contributed by atoms with Crippen LogP contribution in [-0.4, -0.2) is 43.8 Å². The van der Waals surface area contributed by atoms with Crippen molar-refractivity contribution in [2.75, 3.05) is 13.1 Å². The van der Waals surface area contributed by atoms with Gasteiger partial charge in [-0.3, -0.25) is 9.59 Å². The molecule has 1 fully saturated rings. The third-order valence-electron chi connectivity index (χ3n) is 5.58. The molecule has 2 aromatic rings. The molecule has 9 heteroatoms. The number of sulfonamides is 1. The number of benzene rings is 2. The highest BCUT2D eigenvalue weighted by atomic mass is 35.5. The Balaban J connectivity index is 1.45. The van der Waals surface area contributed by atoms with Gasteiger partial charge in [0, 0.05) is 31.1 Å². The van der Waals surface area contributed by atoms with Crippen molar-refractivity contribution in [3.8, 4) is 0 Å². The Morgan fingerprint density at radius 1 is 1.06 bits per heavy atom. The van der Waals surface area contributed by atoms with Crippen molar-refractivity contribution in [3.63, 3.8) is 0 Å². The smallest absolute Gasteiger partial charge is 0.306 e. The number of nitrogens with zero attached hydrogens (tertiary/aromatic N) is 1. The topological polar surface area (TPSA) is 92.8 Å². The largest absolute Gasteiger partial charge is 0.453 e. The molecule has 0 saturated carbocycles.